The van der Waals surface area contributed by atoms with Crippen LogP contribution in [0.15, 0.2) is 35.1 Å². The quantitative estimate of drug-likeness (QED) is 0.690. The first-order valence-electron chi connectivity index (χ1n) is 6.73. The van der Waals surface area contributed by atoms with Crippen LogP contribution in [0.2, 0.25) is 0 Å². The molecular formula is C15H11BrN4S. The van der Waals surface area contributed by atoms with Gasteiger partial charge < -0.3 is 4.98 Å². The summed E-state index contributed by atoms with van der Waals surface area (Å²) in [5, 5.41) is 0. The van der Waals surface area contributed by atoms with Crippen molar-refractivity contribution >= 4 is 39.2 Å². The van der Waals surface area contributed by atoms with E-state index < -0.39 is 0 Å². The number of nitrogens with zero attached hydrogens (tertiary/aromatic N) is 3. The van der Waals surface area contributed by atoms with Crippen molar-refractivity contribution in [1.82, 2.24) is 19.9 Å². The van der Waals surface area contributed by atoms with Crippen molar-refractivity contribution in [1.29, 1.82) is 0 Å². The lowest BCUT2D eigenvalue weighted by molar-refractivity contribution is 0.973. The second-order valence-electron chi connectivity index (χ2n) is 5.15. The van der Waals surface area contributed by atoms with Gasteiger partial charge in [-0.2, -0.15) is 0 Å². The molecular weight excluding hydrogens is 348 g/mol. The van der Waals surface area contributed by atoms with Crippen LogP contribution in [-0.4, -0.2) is 19.9 Å². The van der Waals surface area contributed by atoms with Crippen molar-refractivity contribution in [3.05, 3.63) is 45.4 Å². The Morgan fingerprint density at radius 3 is 2.67 bits per heavy atom. The number of H-pyrrole nitrogens is 1. The molecule has 21 heavy (non-hydrogen) atoms. The Morgan fingerprint density at radius 1 is 1.14 bits per heavy atom. The number of hydrogen-bond acceptors (Lipinski definition) is 4. The average Bonchev–Trinajstić information content (AvgIpc) is 3.34. The normalized spacial score (nSPS) is 14.5. The number of aromatic amines is 1. The van der Waals surface area contributed by atoms with Crippen molar-refractivity contribution in [3.8, 4) is 11.4 Å². The molecule has 1 saturated carbocycles. The maximum Gasteiger partial charge on any atom is 0.144 e. The molecule has 0 saturated heterocycles. The zero-order chi connectivity index (χ0) is 14.4. The van der Waals surface area contributed by atoms with E-state index in [1.165, 1.54) is 12.8 Å². The van der Waals surface area contributed by atoms with Crippen molar-refractivity contribution < 1.29 is 0 Å². The summed E-state index contributed by atoms with van der Waals surface area (Å²) < 4.78 is 1.52. The third kappa shape index (κ3) is 2.38. The van der Waals surface area contributed by atoms with Gasteiger partial charge in [0.25, 0.3) is 0 Å². The topological polar surface area (TPSA) is 54.5 Å². The SMILES string of the molecule is S=c1nc(-c2ccc3nccnc3c2)[nH]c(C2CC2)c1Br. The number of hydrogen-bond donors (Lipinski definition) is 1. The third-order valence-corrected chi connectivity index (χ3v) is 4.98. The van der Waals surface area contributed by atoms with Gasteiger partial charge in [-0.05, 0) is 47.0 Å². The fourth-order valence-corrected chi connectivity index (χ4v) is 3.09. The number of nitrogens with one attached hydrogen (secondary N) is 1. The molecule has 2 heterocycles. The Balaban J connectivity index is 1.89. The Kier molecular flexibility index (Phi) is 3.08. The highest BCUT2D eigenvalue weighted by Gasteiger charge is 2.27. The van der Waals surface area contributed by atoms with Crippen LogP contribution in [0.4, 0.5) is 0 Å². The Hall–Kier alpha value is -1.66. The van der Waals surface area contributed by atoms with E-state index >= 15 is 0 Å². The summed E-state index contributed by atoms with van der Waals surface area (Å²) in [4.78, 5) is 16.5. The number of fused-ring (bicyclic) bond motifs is 1. The zero-order valence-corrected chi connectivity index (χ0v) is 13.4. The molecule has 0 unspecified atom stereocenters. The molecule has 0 radical (unpaired) electrons. The third-order valence-electron chi connectivity index (χ3n) is 3.62. The highest BCUT2D eigenvalue weighted by atomic mass is 79.9. The fourth-order valence-electron chi connectivity index (χ4n) is 2.38. The van der Waals surface area contributed by atoms with Crippen molar-refractivity contribution in [2.45, 2.75) is 18.8 Å². The van der Waals surface area contributed by atoms with E-state index in [9.17, 15) is 0 Å². The summed E-state index contributed by atoms with van der Waals surface area (Å²) in [5.41, 5.74) is 3.86. The molecule has 4 rings (SSSR count). The molecule has 1 N–H and O–H groups in total. The van der Waals surface area contributed by atoms with Crippen LogP contribution >= 0.6 is 28.1 Å². The van der Waals surface area contributed by atoms with Gasteiger partial charge in [-0.3, -0.25) is 9.97 Å². The Labute approximate surface area is 134 Å². The second-order valence-corrected chi connectivity index (χ2v) is 6.33. The molecule has 1 aliphatic carbocycles. The molecule has 0 amide bonds. The number of rotatable bonds is 2. The van der Waals surface area contributed by atoms with Crippen LogP contribution < -0.4 is 0 Å². The molecule has 6 heteroatoms. The molecule has 104 valence electrons. The minimum Gasteiger partial charge on any atom is -0.342 e. The number of benzene rings is 1. The minimum atomic E-state index is 0.572. The van der Waals surface area contributed by atoms with Crippen LogP contribution in [0.3, 0.4) is 0 Å². The zero-order valence-electron chi connectivity index (χ0n) is 11.0. The maximum atomic E-state index is 5.37. The summed E-state index contributed by atoms with van der Waals surface area (Å²) in [6.07, 6.45) is 5.80. The molecule has 3 aromatic rings. The highest BCUT2D eigenvalue weighted by molar-refractivity contribution is 9.10. The summed E-state index contributed by atoms with van der Waals surface area (Å²) in [6.45, 7) is 0. The van der Waals surface area contributed by atoms with E-state index in [0.717, 1.165) is 32.6 Å². The molecule has 1 fully saturated rings. The summed E-state index contributed by atoms with van der Waals surface area (Å²) >= 11 is 8.91. The Bertz CT molecular complexity index is 902. The minimum absolute atomic E-state index is 0.572. The van der Waals surface area contributed by atoms with Crippen LogP contribution in [0.1, 0.15) is 24.5 Å². The number of aromatic nitrogens is 4. The summed E-state index contributed by atoms with van der Waals surface area (Å²) in [7, 11) is 0. The van der Waals surface area contributed by atoms with Gasteiger partial charge >= 0.3 is 0 Å². The van der Waals surface area contributed by atoms with Crippen molar-refractivity contribution in [3.63, 3.8) is 0 Å². The molecule has 0 spiro atoms. The van der Waals surface area contributed by atoms with Gasteiger partial charge in [-0.25, -0.2) is 4.98 Å². The second kappa shape index (κ2) is 4.96. The predicted molar refractivity (Wildman–Crippen MR) is 87.6 cm³/mol. The lowest BCUT2D eigenvalue weighted by atomic mass is 10.1. The standard InChI is InChI=1S/C15H11BrN4S/c16-12-13(8-1-2-8)19-14(20-15(12)21)9-3-4-10-11(7-9)18-6-5-17-10/h3-8H,1-2H2,(H,19,20,21). The van der Waals surface area contributed by atoms with Gasteiger partial charge in [0.15, 0.2) is 0 Å². The molecule has 2 aromatic heterocycles. The maximum absolute atomic E-state index is 5.37. The van der Waals surface area contributed by atoms with Crippen molar-refractivity contribution in [2.75, 3.05) is 0 Å². The van der Waals surface area contributed by atoms with E-state index in [0.29, 0.717) is 10.6 Å². The predicted octanol–water partition coefficient (Wildman–Crippen LogP) is 4.39. The van der Waals surface area contributed by atoms with E-state index in [-0.39, 0.29) is 0 Å². The molecule has 4 nitrogen and oxygen atoms in total. The van der Waals surface area contributed by atoms with Gasteiger partial charge in [-0.15, -0.1) is 0 Å². The molecule has 0 aliphatic heterocycles. The summed E-state index contributed by atoms with van der Waals surface area (Å²) in [5.74, 6) is 1.36. The summed E-state index contributed by atoms with van der Waals surface area (Å²) in [6, 6.07) is 5.94. The first-order chi connectivity index (χ1) is 10.2. The van der Waals surface area contributed by atoms with Crippen molar-refractivity contribution in [2.24, 2.45) is 0 Å². The Morgan fingerprint density at radius 2 is 1.90 bits per heavy atom. The lowest BCUT2D eigenvalue weighted by Gasteiger charge is -2.08. The van der Waals surface area contributed by atoms with Crippen LogP contribution in [-0.2, 0) is 0 Å². The van der Waals surface area contributed by atoms with Gasteiger partial charge in [0.1, 0.15) is 10.5 Å². The van der Waals surface area contributed by atoms with Gasteiger partial charge in [0.2, 0.25) is 0 Å². The van der Waals surface area contributed by atoms with Gasteiger partial charge in [0.05, 0.1) is 15.5 Å². The molecule has 0 bridgehead atoms. The largest absolute Gasteiger partial charge is 0.342 e. The highest BCUT2D eigenvalue weighted by Crippen LogP contribution is 2.42. The van der Waals surface area contributed by atoms with Crippen LogP contribution in [0.25, 0.3) is 22.4 Å². The van der Waals surface area contributed by atoms with Gasteiger partial charge in [0, 0.05) is 29.6 Å². The van der Waals surface area contributed by atoms with Crippen LogP contribution in [0, 0.1) is 4.64 Å². The average molecular weight is 359 g/mol. The smallest absolute Gasteiger partial charge is 0.144 e. The van der Waals surface area contributed by atoms with Gasteiger partial charge in [-0.1, -0.05) is 12.2 Å². The molecule has 1 aromatic carbocycles. The first-order valence-corrected chi connectivity index (χ1v) is 7.93. The van der Waals surface area contributed by atoms with E-state index in [1.807, 2.05) is 18.2 Å². The molecule has 1 aliphatic rings. The lowest BCUT2D eigenvalue weighted by Crippen LogP contribution is -1.97. The molecule has 0 atom stereocenters. The first kappa shape index (κ1) is 13.0. The number of halogens is 1. The van der Waals surface area contributed by atoms with Crippen LogP contribution in [0.5, 0.6) is 0 Å². The van der Waals surface area contributed by atoms with E-state index in [1.54, 1.807) is 12.4 Å². The van der Waals surface area contributed by atoms with E-state index in [2.05, 4.69) is 35.9 Å². The monoisotopic (exact) mass is 358 g/mol. The fraction of sp³-hybridized carbons (Fsp3) is 0.200. The van der Waals surface area contributed by atoms with E-state index in [4.69, 9.17) is 12.2 Å².